The Morgan fingerprint density at radius 2 is 2.00 bits per heavy atom. The summed E-state index contributed by atoms with van der Waals surface area (Å²) in [6.07, 6.45) is 2.94. The molecule has 7 nitrogen and oxygen atoms in total. The van der Waals surface area contributed by atoms with Crippen LogP contribution in [0.5, 0.6) is 11.5 Å². The highest BCUT2D eigenvalue weighted by Crippen LogP contribution is 2.32. The largest absolute Gasteiger partial charge is 0.490 e. The molecule has 0 amide bonds. The van der Waals surface area contributed by atoms with Gasteiger partial charge in [-0.15, -0.1) is 0 Å². The monoisotopic (exact) mass is 339 g/mol. The molecule has 1 aliphatic heterocycles. The normalized spacial score (nSPS) is 14.9. The summed E-state index contributed by atoms with van der Waals surface area (Å²) in [5.74, 6) is 1.28. The van der Waals surface area contributed by atoms with Gasteiger partial charge >= 0.3 is 0 Å². The minimum Gasteiger partial charge on any atom is -0.490 e. The van der Waals surface area contributed by atoms with Crippen LogP contribution in [0.2, 0.25) is 0 Å². The molecule has 0 bridgehead atoms. The Labute approximate surface area is 143 Å². The molecule has 0 aliphatic carbocycles. The standard InChI is InChI=1S/C18H17N3O4/c22-14(12-4-5-15-16(9-12)25-8-2-7-24-15)10-21-11-20-17-13(18(21)23)3-1-6-19-17/h1,3-6,9,11,14,22H,2,7-8,10H2. The average molecular weight is 339 g/mol. The highest BCUT2D eigenvalue weighted by atomic mass is 16.5. The van der Waals surface area contributed by atoms with Gasteiger partial charge in [-0.2, -0.15) is 0 Å². The Balaban J connectivity index is 1.62. The summed E-state index contributed by atoms with van der Waals surface area (Å²) in [7, 11) is 0. The fraction of sp³-hybridized carbons (Fsp3) is 0.278. The summed E-state index contributed by atoms with van der Waals surface area (Å²) >= 11 is 0. The highest BCUT2D eigenvalue weighted by molar-refractivity contribution is 5.72. The number of ether oxygens (including phenoxy) is 2. The lowest BCUT2D eigenvalue weighted by Crippen LogP contribution is -2.24. The fourth-order valence-electron chi connectivity index (χ4n) is 2.81. The third kappa shape index (κ3) is 3.06. The molecule has 4 rings (SSSR count). The van der Waals surface area contributed by atoms with Crippen molar-refractivity contribution in [3.8, 4) is 11.5 Å². The van der Waals surface area contributed by atoms with E-state index in [1.807, 2.05) is 0 Å². The molecule has 0 spiro atoms. The number of pyridine rings is 1. The number of benzene rings is 1. The number of hydrogen-bond acceptors (Lipinski definition) is 6. The van der Waals surface area contributed by atoms with Crippen LogP contribution in [-0.4, -0.2) is 32.9 Å². The van der Waals surface area contributed by atoms with Gasteiger partial charge in [0.2, 0.25) is 0 Å². The molecule has 0 saturated carbocycles. The van der Waals surface area contributed by atoms with Gasteiger partial charge in [-0.25, -0.2) is 9.97 Å². The van der Waals surface area contributed by atoms with Crippen LogP contribution in [0.4, 0.5) is 0 Å². The van der Waals surface area contributed by atoms with Crippen LogP contribution in [0.15, 0.2) is 47.7 Å². The third-order valence-electron chi connectivity index (χ3n) is 4.12. The van der Waals surface area contributed by atoms with Crippen molar-refractivity contribution in [1.82, 2.24) is 14.5 Å². The maximum Gasteiger partial charge on any atom is 0.262 e. The quantitative estimate of drug-likeness (QED) is 0.781. The van der Waals surface area contributed by atoms with Gasteiger partial charge in [0, 0.05) is 12.6 Å². The third-order valence-corrected chi connectivity index (χ3v) is 4.12. The molecular weight excluding hydrogens is 322 g/mol. The van der Waals surface area contributed by atoms with Crippen molar-refractivity contribution in [2.45, 2.75) is 19.1 Å². The van der Waals surface area contributed by atoms with Crippen molar-refractivity contribution in [3.63, 3.8) is 0 Å². The minimum absolute atomic E-state index is 0.0936. The Bertz CT molecular complexity index is 970. The molecule has 1 N–H and O–H groups in total. The van der Waals surface area contributed by atoms with E-state index in [1.165, 1.54) is 10.9 Å². The van der Waals surface area contributed by atoms with E-state index in [-0.39, 0.29) is 12.1 Å². The summed E-state index contributed by atoms with van der Waals surface area (Å²) < 4.78 is 12.6. The predicted molar refractivity (Wildman–Crippen MR) is 90.8 cm³/mol. The van der Waals surface area contributed by atoms with E-state index < -0.39 is 6.10 Å². The summed E-state index contributed by atoms with van der Waals surface area (Å²) in [6.45, 7) is 1.28. The molecule has 1 unspecified atom stereocenters. The van der Waals surface area contributed by atoms with Crippen molar-refractivity contribution in [3.05, 3.63) is 58.8 Å². The Kier molecular flexibility index (Phi) is 4.07. The van der Waals surface area contributed by atoms with Crippen molar-refractivity contribution in [2.24, 2.45) is 0 Å². The molecule has 0 radical (unpaired) electrons. The SMILES string of the molecule is O=c1c2cccnc2ncn1CC(O)c1ccc2c(c1)OCCCO2. The van der Waals surface area contributed by atoms with E-state index in [0.29, 0.717) is 41.3 Å². The smallest absolute Gasteiger partial charge is 0.262 e. The molecule has 128 valence electrons. The van der Waals surface area contributed by atoms with Gasteiger partial charge in [0.25, 0.3) is 5.56 Å². The van der Waals surface area contributed by atoms with Gasteiger partial charge in [-0.3, -0.25) is 9.36 Å². The molecule has 0 fully saturated rings. The minimum atomic E-state index is -0.870. The zero-order chi connectivity index (χ0) is 17.2. The summed E-state index contributed by atoms with van der Waals surface area (Å²) in [4.78, 5) is 20.7. The predicted octanol–water partition coefficient (Wildman–Crippen LogP) is 1.69. The molecule has 0 saturated heterocycles. The summed E-state index contributed by atoms with van der Waals surface area (Å²) in [6, 6.07) is 8.68. The summed E-state index contributed by atoms with van der Waals surface area (Å²) in [5, 5.41) is 11.0. The zero-order valence-electron chi connectivity index (χ0n) is 13.5. The average Bonchev–Trinajstić information content (AvgIpc) is 2.89. The van der Waals surface area contributed by atoms with Gasteiger partial charge in [-0.05, 0) is 29.8 Å². The lowest BCUT2D eigenvalue weighted by atomic mass is 10.1. The number of aromatic nitrogens is 3. The van der Waals surface area contributed by atoms with Crippen LogP contribution >= 0.6 is 0 Å². The van der Waals surface area contributed by atoms with Crippen LogP contribution in [0.1, 0.15) is 18.1 Å². The molecule has 1 aromatic carbocycles. The maximum absolute atomic E-state index is 12.5. The van der Waals surface area contributed by atoms with Crippen molar-refractivity contribution in [1.29, 1.82) is 0 Å². The number of aliphatic hydroxyl groups is 1. The van der Waals surface area contributed by atoms with Gasteiger partial charge in [0.1, 0.15) is 6.33 Å². The molecule has 1 atom stereocenters. The van der Waals surface area contributed by atoms with Crippen LogP contribution in [0.3, 0.4) is 0 Å². The zero-order valence-corrected chi connectivity index (χ0v) is 13.5. The first-order valence-electron chi connectivity index (χ1n) is 8.10. The Morgan fingerprint density at radius 3 is 2.88 bits per heavy atom. The number of fused-ring (bicyclic) bond motifs is 2. The van der Waals surface area contributed by atoms with E-state index in [1.54, 1.807) is 36.5 Å². The fourth-order valence-corrected chi connectivity index (χ4v) is 2.81. The van der Waals surface area contributed by atoms with Crippen LogP contribution < -0.4 is 15.0 Å². The molecule has 7 heteroatoms. The molecule has 3 aromatic rings. The van der Waals surface area contributed by atoms with Crippen molar-refractivity contribution in [2.75, 3.05) is 13.2 Å². The molecule has 1 aliphatic rings. The second kappa shape index (κ2) is 6.52. The van der Waals surface area contributed by atoms with E-state index in [4.69, 9.17) is 9.47 Å². The van der Waals surface area contributed by atoms with Crippen LogP contribution in [0, 0.1) is 0 Å². The van der Waals surface area contributed by atoms with Gasteiger partial charge in [-0.1, -0.05) is 6.07 Å². The van der Waals surface area contributed by atoms with Crippen molar-refractivity contribution < 1.29 is 14.6 Å². The number of hydrogen-bond donors (Lipinski definition) is 1. The Hall–Kier alpha value is -2.93. The summed E-state index contributed by atoms with van der Waals surface area (Å²) in [5.41, 5.74) is 0.822. The van der Waals surface area contributed by atoms with E-state index in [9.17, 15) is 9.90 Å². The van der Waals surface area contributed by atoms with Crippen molar-refractivity contribution >= 4 is 11.0 Å². The first kappa shape index (κ1) is 15.6. The second-order valence-corrected chi connectivity index (χ2v) is 5.85. The van der Waals surface area contributed by atoms with E-state index in [0.717, 1.165) is 6.42 Å². The van der Waals surface area contributed by atoms with Gasteiger partial charge in [0.05, 0.1) is 31.2 Å². The Morgan fingerprint density at radius 1 is 1.16 bits per heavy atom. The first-order chi connectivity index (χ1) is 12.2. The maximum atomic E-state index is 12.5. The van der Waals surface area contributed by atoms with E-state index in [2.05, 4.69) is 9.97 Å². The number of nitrogens with zero attached hydrogens (tertiary/aromatic N) is 3. The van der Waals surface area contributed by atoms with Crippen LogP contribution in [0.25, 0.3) is 11.0 Å². The molecule has 25 heavy (non-hydrogen) atoms. The van der Waals surface area contributed by atoms with Gasteiger partial charge < -0.3 is 14.6 Å². The van der Waals surface area contributed by atoms with Crippen LogP contribution in [-0.2, 0) is 6.54 Å². The second-order valence-electron chi connectivity index (χ2n) is 5.85. The van der Waals surface area contributed by atoms with E-state index >= 15 is 0 Å². The number of rotatable bonds is 3. The van der Waals surface area contributed by atoms with Gasteiger partial charge in [0.15, 0.2) is 17.1 Å². The first-order valence-corrected chi connectivity index (χ1v) is 8.10. The topological polar surface area (TPSA) is 86.5 Å². The molecule has 2 aromatic heterocycles. The lowest BCUT2D eigenvalue weighted by molar-refractivity contribution is 0.154. The number of aliphatic hydroxyl groups excluding tert-OH is 1. The molecular formula is C18H17N3O4. The highest BCUT2D eigenvalue weighted by Gasteiger charge is 2.16. The lowest BCUT2D eigenvalue weighted by Gasteiger charge is -2.15. The molecule has 3 heterocycles.